The van der Waals surface area contributed by atoms with Gasteiger partial charge < -0.3 is 38.3 Å². The van der Waals surface area contributed by atoms with Gasteiger partial charge in [0, 0.05) is 18.7 Å². The van der Waals surface area contributed by atoms with Crippen molar-refractivity contribution >= 4 is 42.3 Å². The summed E-state index contributed by atoms with van der Waals surface area (Å²) in [6.45, 7) is 1.67. The molecule has 4 unspecified atom stereocenters. The normalized spacial score (nSPS) is 14.1. The Labute approximate surface area is 203 Å². The molecular weight excluding hydrogens is 462 g/mol. The molecule has 0 radical (unpaired) electrons. The maximum absolute atomic E-state index is 13.0. The zero-order chi connectivity index (χ0) is 25.7. The number of aliphatic imine (C=N–C) groups is 1. The van der Waals surface area contributed by atoms with E-state index < -0.39 is 47.9 Å². The van der Waals surface area contributed by atoms with E-state index in [1.165, 1.54) is 6.92 Å². The summed E-state index contributed by atoms with van der Waals surface area (Å²) in [4.78, 5) is 53.1. The van der Waals surface area contributed by atoms with Gasteiger partial charge in [0.1, 0.15) is 18.1 Å². The maximum atomic E-state index is 13.0. The first-order valence-corrected chi connectivity index (χ1v) is 11.3. The second-order valence-electron chi connectivity index (χ2n) is 7.63. The van der Waals surface area contributed by atoms with Gasteiger partial charge in [-0.05, 0) is 25.3 Å². The molecule has 0 fully saturated rings. The van der Waals surface area contributed by atoms with Gasteiger partial charge >= 0.3 is 5.97 Å². The van der Waals surface area contributed by atoms with Crippen LogP contribution in [0.3, 0.4) is 0 Å². The number of rotatable bonds is 14. The molecular formula is C21H33N7O5S. The van der Waals surface area contributed by atoms with E-state index in [0.717, 1.165) is 5.56 Å². The van der Waals surface area contributed by atoms with Crippen LogP contribution in [0.15, 0.2) is 35.3 Å². The number of carbonyl (C=O) groups excluding carboxylic acids is 3. The number of carbonyl (C=O) groups is 4. The maximum Gasteiger partial charge on any atom is 0.326 e. The Morgan fingerprint density at radius 1 is 0.971 bits per heavy atom. The third kappa shape index (κ3) is 10.5. The Balaban J connectivity index is 2.97. The molecule has 0 saturated carbocycles. The Morgan fingerprint density at radius 2 is 1.53 bits per heavy atom. The highest BCUT2D eigenvalue weighted by Gasteiger charge is 2.29. The second kappa shape index (κ2) is 14.8. The molecule has 10 N–H and O–H groups in total. The third-order valence-corrected chi connectivity index (χ3v) is 5.07. The Morgan fingerprint density at radius 3 is 2.06 bits per heavy atom. The summed E-state index contributed by atoms with van der Waals surface area (Å²) >= 11 is 4.09. The van der Waals surface area contributed by atoms with Gasteiger partial charge in [-0.1, -0.05) is 30.3 Å². The molecule has 0 aliphatic rings. The number of guanidine groups is 1. The third-order valence-electron chi connectivity index (χ3n) is 4.70. The van der Waals surface area contributed by atoms with E-state index in [1.807, 2.05) is 0 Å². The summed E-state index contributed by atoms with van der Waals surface area (Å²) in [7, 11) is 0. The first kappa shape index (κ1) is 28.7. The molecule has 12 nitrogen and oxygen atoms in total. The van der Waals surface area contributed by atoms with Gasteiger partial charge in [-0.15, -0.1) is 0 Å². The summed E-state index contributed by atoms with van der Waals surface area (Å²) in [5.41, 5.74) is 16.8. The zero-order valence-electron chi connectivity index (χ0n) is 18.9. The molecule has 0 aliphatic carbocycles. The van der Waals surface area contributed by atoms with Gasteiger partial charge in [-0.2, -0.15) is 12.6 Å². The van der Waals surface area contributed by atoms with Crippen LogP contribution in [0.5, 0.6) is 0 Å². The lowest BCUT2D eigenvalue weighted by molar-refractivity contribution is -0.142. The summed E-state index contributed by atoms with van der Waals surface area (Å²) in [6, 6.07) is 4.68. The number of carboxylic acids is 1. The van der Waals surface area contributed by atoms with Crippen molar-refractivity contribution in [1.29, 1.82) is 0 Å². The highest BCUT2D eigenvalue weighted by Crippen LogP contribution is 2.06. The van der Waals surface area contributed by atoms with E-state index >= 15 is 0 Å². The van der Waals surface area contributed by atoms with Crippen LogP contribution < -0.4 is 33.2 Å². The van der Waals surface area contributed by atoms with Gasteiger partial charge in [0.2, 0.25) is 17.7 Å². The van der Waals surface area contributed by atoms with E-state index in [9.17, 15) is 24.3 Å². The molecule has 4 atom stereocenters. The lowest BCUT2D eigenvalue weighted by Crippen LogP contribution is -2.58. The molecule has 0 bridgehead atoms. The molecule has 188 valence electrons. The smallest absolute Gasteiger partial charge is 0.326 e. The average Bonchev–Trinajstić information content (AvgIpc) is 2.78. The monoisotopic (exact) mass is 495 g/mol. The fourth-order valence-corrected chi connectivity index (χ4v) is 3.12. The van der Waals surface area contributed by atoms with Crippen molar-refractivity contribution in [2.24, 2.45) is 22.2 Å². The average molecular weight is 496 g/mol. The molecule has 1 aromatic carbocycles. The predicted molar refractivity (Wildman–Crippen MR) is 131 cm³/mol. The van der Waals surface area contributed by atoms with E-state index in [0.29, 0.717) is 6.42 Å². The highest BCUT2D eigenvalue weighted by atomic mass is 32.1. The van der Waals surface area contributed by atoms with E-state index in [-0.39, 0.29) is 31.1 Å². The van der Waals surface area contributed by atoms with Crippen molar-refractivity contribution in [3.8, 4) is 0 Å². The molecule has 1 aromatic rings. The molecule has 34 heavy (non-hydrogen) atoms. The number of nitrogens with two attached hydrogens (primary N) is 3. The van der Waals surface area contributed by atoms with E-state index in [1.54, 1.807) is 30.3 Å². The summed E-state index contributed by atoms with van der Waals surface area (Å²) in [6.07, 6.45) is 0.489. The summed E-state index contributed by atoms with van der Waals surface area (Å²) in [5.74, 6) is -3.28. The van der Waals surface area contributed by atoms with Crippen molar-refractivity contribution < 1.29 is 24.3 Å². The number of nitrogens with one attached hydrogen (secondary N) is 3. The molecule has 0 saturated heterocycles. The molecule has 0 spiro atoms. The fourth-order valence-electron chi connectivity index (χ4n) is 2.86. The Bertz CT molecular complexity index is 862. The van der Waals surface area contributed by atoms with Crippen molar-refractivity contribution in [2.45, 2.75) is 50.4 Å². The van der Waals surface area contributed by atoms with Gasteiger partial charge in [0.15, 0.2) is 5.96 Å². The molecule has 13 heteroatoms. The van der Waals surface area contributed by atoms with Crippen LogP contribution in [0.25, 0.3) is 0 Å². The topological polar surface area (TPSA) is 215 Å². The molecule has 3 amide bonds. The van der Waals surface area contributed by atoms with Gasteiger partial charge in [0.05, 0.1) is 6.04 Å². The van der Waals surface area contributed by atoms with Crippen molar-refractivity contribution in [3.63, 3.8) is 0 Å². The summed E-state index contributed by atoms with van der Waals surface area (Å²) < 4.78 is 0. The quantitative estimate of drug-likeness (QED) is 0.0629. The number of hydrogen-bond acceptors (Lipinski definition) is 7. The van der Waals surface area contributed by atoms with Gasteiger partial charge in [0.25, 0.3) is 0 Å². The number of aliphatic carboxylic acids is 1. The van der Waals surface area contributed by atoms with Crippen molar-refractivity contribution in [3.05, 3.63) is 35.9 Å². The number of amides is 3. The number of thiol groups is 1. The zero-order valence-corrected chi connectivity index (χ0v) is 19.8. The van der Waals surface area contributed by atoms with Crippen molar-refractivity contribution in [1.82, 2.24) is 16.0 Å². The minimum atomic E-state index is -1.24. The minimum Gasteiger partial charge on any atom is -0.480 e. The molecule has 0 heterocycles. The first-order valence-electron chi connectivity index (χ1n) is 10.6. The predicted octanol–water partition coefficient (Wildman–Crippen LogP) is -1.90. The SMILES string of the molecule is CC(N)C(=O)NC(CS)C(=O)NC(Cc1ccccc1)C(=O)NC(CCCN=C(N)N)C(=O)O. The lowest BCUT2D eigenvalue weighted by atomic mass is 10.0. The van der Waals surface area contributed by atoms with Gasteiger partial charge in [-0.3, -0.25) is 19.4 Å². The minimum absolute atomic E-state index is 0.0352. The fraction of sp³-hybridized carbons (Fsp3) is 0.476. The summed E-state index contributed by atoms with van der Waals surface area (Å²) in [5, 5.41) is 17.0. The van der Waals surface area contributed by atoms with Crippen LogP contribution in [0.1, 0.15) is 25.3 Å². The van der Waals surface area contributed by atoms with Crippen LogP contribution in [0, 0.1) is 0 Å². The Hall–Kier alpha value is -3.32. The molecule has 1 rings (SSSR count). The number of nitrogens with zero attached hydrogens (tertiary/aromatic N) is 1. The highest BCUT2D eigenvalue weighted by molar-refractivity contribution is 7.80. The number of hydrogen-bond donors (Lipinski definition) is 8. The lowest BCUT2D eigenvalue weighted by Gasteiger charge is -2.24. The molecule has 0 aliphatic heterocycles. The second-order valence-corrected chi connectivity index (χ2v) is 8.00. The van der Waals surface area contributed by atoms with Crippen molar-refractivity contribution in [2.75, 3.05) is 12.3 Å². The Kier molecular flexibility index (Phi) is 12.5. The van der Waals surface area contributed by atoms with Crippen LogP contribution in [-0.4, -0.2) is 71.2 Å². The van der Waals surface area contributed by atoms with Crippen LogP contribution in [-0.2, 0) is 25.6 Å². The molecule has 0 aromatic heterocycles. The standard InChI is InChI=1S/C21H33N7O5S/c1-12(22)17(29)28-16(11-34)19(31)27-15(10-13-6-3-2-4-7-13)18(30)26-14(20(32)33)8-5-9-25-21(23)24/h2-4,6-7,12,14-16,34H,5,8-11,22H2,1H3,(H,26,30)(H,27,31)(H,28,29)(H,32,33)(H4,23,24,25). The van der Waals surface area contributed by atoms with E-state index in [2.05, 4.69) is 33.6 Å². The number of benzene rings is 1. The first-order chi connectivity index (χ1) is 16.0. The number of carboxylic acid groups (broad SMARTS) is 1. The largest absolute Gasteiger partial charge is 0.480 e. The van der Waals surface area contributed by atoms with Crippen LogP contribution in [0.2, 0.25) is 0 Å². The van der Waals surface area contributed by atoms with Crippen LogP contribution in [0.4, 0.5) is 0 Å². The van der Waals surface area contributed by atoms with Gasteiger partial charge in [-0.25, -0.2) is 4.79 Å². The van der Waals surface area contributed by atoms with E-state index in [4.69, 9.17) is 17.2 Å². The van der Waals surface area contributed by atoms with Crippen LogP contribution >= 0.6 is 12.6 Å².